The third-order valence-electron chi connectivity index (χ3n) is 3.33. The summed E-state index contributed by atoms with van der Waals surface area (Å²) in [6.45, 7) is 2.12. The van der Waals surface area contributed by atoms with Gasteiger partial charge in [0.05, 0.1) is 30.9 Å². The number of anilines is 1. The third-order valence-corrected chi connectivity index (χ3v) is 3.33. The van der Waals surface area contributed by atoms with Gasteiger partial charge in [0.25, 0.3) is 5.91 Å². The van der Waals surface area contributed by atoms with Crippen molar-refractivity contribution in [1.82, 2.24) is 10.3 Å². The summed E-state index contributed by atoms with van der Waals surface area (Å²) in [5.74, 6) is 0.777. The van der Waals surface area contributed by atoms with Gasteiger partial charge in [-0.05, 0) is 19.1 Å². The lowest BCUT2D eigenvalue weighted by Crippen LogP contribution is -2.38. The van der Waals surface area contributed by atoms with Crippen LogP contribution in [0.2, 0.25) is 0 Å². The summed E-state index contributed by atoms with van der Waals surface area (Å²) in [5, 5.41) is 3.02. The summed E-state index contributed by atoms with van der Waals surface area (Å²) in [6, 6.07) is 8.39. The first-order valence-corrected chi connectivity index (χ1v) is 6.71. The molecule has 108 valence electrons. The fourth-order valence-electron chi connectivity index (χ4n) is 2.33. The van der Waals surface area contributed by atoms with E-state index in [1.165, 1.54) is 4.90 Å². The molecule has 21 heavy (non-hydrogen) atoms. The fraction of sp³-hybridized carbons (Fsp3) is 0.267. The van der Waals surface area contributed by atoms with E-state index in [1.807, 2.05) is 6.07 Å². The summed E-state index contributed by atoms with van der Waals surface area (Å²) in [6.07, 6.45) is 1.77. The number of imide groups is 1. The van der Waals surface area contributed by atoms with Gasteiger partial charge in [-0.2, -0.15) is 0 Å². The van der Waals surface area contributed by atoms with E-state index < -0.39 is 6.04 Å². The van der Waals surface area contributed by atoms with Crippen molar-refractivity contribution in [2.24, 2.45) is 0 Å². The second-order valence-electron chi connectivity index (χ2n) is 4.91. The van der Waals surface area contributed by atoms with Crippen LogP contribution in [-0.2, 0) is 16.1 Å². The van der Waals surface area contributed by atoms with Gasteiger partial charge in [-0.1, -0.05) is 18.2 Å². The normalized spacial score (nSPS) is 18.5. The molecule has 2 heterocycles. The third kappa shape index (κ3) is 2.71. The second-order valence-corrected chi connectivity index (χ2v) is 4.91. The highest BCUT2D eigenvalue weighted by Gasteiger charge is 2.39. The minimum absolute atomic E-state index is 0.146. The zero-order valence-corrected chi connectivity index (χ0v) is 11.6. The largest absolute Gasteiger partial charge is 0.445 e. The van der Waals surface area contributed by atoms with Crippen LogP contribution < -0.4 is 10.2 Å². The van der Waals surface area contributed by atoms with Gasteiger partial charge < -0.3 is 4.42 Å². The Morgan fingerprint density at radius 1 is 1.33 bits per heavy atom. The Balaban J connectivity index is 1.69. The van der Waals surface area contributed by atoms with E-state index in [0.29, 0.717) is 23.9 Å². The van der Waals surface area contributed by atoms with Crippen molar-refractivity contribution < 1.29 is 14.0 Å². The summed E-state index contributed by atoms with van der Waals surface area (Å²) in [7, 11) is 0. The van der Waals surface area contributed by atoms with Crippen LogP contribution in [0.15, 0.2) is 40.9 Å². The number of nitrogens with zero attached hydrogens (tertiary/aromatic N) is 2. The minimum Gasteiger partial charge on any atom is -0.445 e. The molecule has 0 spiro atoms. The molecule has 0 saturated carbocycles. The van der Waals surface area contributed by atoms with E-state index in [2.05, 4.69) is 10.3 Å². The number of carbonyl (C=O) groups excluding carboxylic acids is 2. The monoisotopic (exact) mass is 285 g/mol. The van der Waals surface area contributed by atoms with E-state index in [1.54, 1.807) is 37.4 Å². The number of para-hydroxylation sites is 1. The highest BCUT2D eigenvalue weighted by molar-refractivity contribution is 6.22. The van der Waals surface area contributed by atoms with Crippen LogP contribution in [0.4, 0.5) is 5.69 Å². The number of nitrogens with one attached hydrogen (secondary N) is 1. The molecule has 1 fully saturated rings. The number of aromatic nitrogens is 1. The number of hydrogen-bond acceptors (Lipinski definition) is 5. The smallest absolute Gasteiger partial charge is 0.251 e. The van der Waals surface area contributed by atoms with Crippen LogP contribution in [0.1, 0.15) is 18.1 Å². The predicted molar refractivity (Wildman–Crippen MR) is 75.4 cm³/mol. The van der Waals surface area contributed by atoms with Crippen molar-refractivity contribution in [1.29, 1.82) is 0 Å². The molecule has 3 rings (SSSR count). The number of hydrogen-bond donors (Lipinski definition) is 1. The molecule has 2 aromatic rings. The highest BCUT2D eigenvalue weighted by Crippen LogP contribution is 2.22. The molecule has 6 nitrogen and oxygen atoms in total. The fourth-order valence-corrected chi connectivity index (χ4v) is 2.33. The highest BCUT2D eigenvalue weighted by atomic mass is 16.4. The second kappa shape index (κ2) is 5.49. The van der Waals surface area contributed by atoms with E-state index in [4.69, 9.17) is 4.42 Å². The Labute approximate surface area is 121 Å². The summed E-state index contributed by atoms with van der Waals surface area (Å²) in [4.78, 5) is 29.7. The van der Waals surface area contributed by atoms with Gasteiger partial charge >= 0.3 is 0 Å². The van der Waals surface area contributed by atoms with E-state index in [0.717, 1.165) is 0 Å². The summed E-state index contributed by atoms with van der Waals surface area (Å²) in [5.41, 5.74) is 0.601. The predicted octanol–water partition coefficient (Wildman–Crippen LogP) is 1.40. The molecule has 1 atom stereocenters. The van der Waals surface area contributed by atoms with E-state index >= 15 is 0 Å². The Hall–Kier alpha value is -2.47. The number of oxazole rings is 1. The SMILES string of the molecule is Cc1cnc(CNC2CC(=O)N(c3ccccc3)C2=O)o1. The average Bonchev–Trinajstić information content (AvgIpc) is 3.01. The quantitative estimate of drug-likeness (QED) is 0.859. The van der Waals surface area contributed by atoms with Crippen molar-refractivity contribution in [3.63, 3.8) is 0 Å². The molecule has 1 unspecified atom stereocenters. The van der Waals surface area contributed by atoms with Crippen LogP contribution in [0, 0.1) is 6.92 Å². The maximum atomic E-state index is 12.3. The van der Waals surface area contributed by atoms with Crippen molar-refractivity contribution in [2.75, 3.05) is 4.90 Å². The molecule has 2 amide bonds. The Bertz CT molecular complexity index is 666. The molecule has 6 heteroatoms. The van der Waals surface area contributed by atoms with Crippen LogP contribution in [0.25, 0.3) is 0 Å². The molecule has 0 bridgehead atoms. The molecule has 0 radical (unpaired) electrons. The standard InChI is InChI=1S/C15H15N3O3/c1-10-8-17-13(21-10)9-16-12-7-14(19)18(15(12)20)11-5-3-2-4-6-11/h2-6,8,12,16H,7,9H2,1H3. The van der Waals surface area contributed by atoms with Crippen LogP contribution in [-0.4, -0.2) is 22.8 Å². The first kappa shape index (κ1) is 13.5. The van der Waals surface area contributed by atoms with Gasteiger partial charge in [0.15, 0.2) is 0 Å². The first-order valence-electron chi connectivity index (χ1n) is 6.71. The van der Waals surface area contributed by atoms with Crippen molar-refractivity contribution in [2.45, 2.75) is 25.9 Å². The lowest BCUT2D eigenvalue weighted by Gasteiger charge is -2.14. The average molecular weight is 285 g/mol. The molecular weight excluding hydrogens is 270 g/mol. The number of rotatable bonds is 4. The van der Waals surface area contributed by atoms with Crippen molar-refractivity contribution in [3.8, 4) is 0 Å². The Kier molecular flexibility index (Phi) is 3.53. The van der Waals surface area contributed by atoms with Gasteiger partial charge in [0, 0.05) is 0 Å². The molecular formula is C15H15N3O3. The van der Waals surface area contributed by atoms with Crippen LogP contribution in [0.3, 0.4) is 0 Å². The summed E-state index contributed by atoms with van der Waals surface area (Å²) >= 11 is 0. The van der Waals surface area contributed by atoms with E-state index in [9.17, 15) is 9.59 Å². The van der Waals surface area contributed by atoms with Gasteiger partial charge in [-0.25, -0.2) is 9.88 Å². The van der Waals surface area contributed by atoms with Crippen LogP contribution >= 0.6 is 0 Å². The maximum Gasteiger partial charge on any atom is 0.251 e. The lowest BCUT2D eigenvalue weighted by molar-refractivity contribution is -0.121. The first-order chi connectivity index (χ1) is 10.1. The molecule has 0 aliphatic carbocycles. The Morgan fingerprint density at radius 2 is 2.10 bits per heavy atom. The molecule has 1 aliphatic rings. The number of aryl methyl sites for hydroxylation is 1. The molecule has 1 aromatic heterocycles. The van der Waals surface area contributed by atoms with Crippen molar-refractivity contribution >= 4 is 17.5 Å². The van der Waals surface area contributed by atoms with E-state index in [-0.39, 0.29) is 18.2 Å². The van der Waals surface area contributed by atoms with Gasteiger partial charge in [0.1, 0.15) is 5.76 Å². The topological polar surface area (TPSA) is 75.4 Å². The van der Waals surface area contributed by atoms with Gasteiger partial charge in [-0.3, -0.25) is 14.9 Å². The molecule has 1 saturated heterocycles. The zero-order valence-electron chi connectivity index (χ0n) is 11.6. The zero-order chi connectivity index (χ0) is 14.8. The lowest BCUT2D eigenvalue weighted by atomic mass is 10.2. The summed E-state index contributed by atoms with van der Waals surface area (Å²) < 4.78 is 5.33. The molecule has 1 aromatic carbocycles. The molecule has 1 N–H and O–H groups in total. The number of carbonyl (C=O) groups is 2. The van der Waals surface area contributed by atoms with Crippen LogP contribution in [0.5, 0.6) is 0 Å². The number of amides is 2. The minimum atomic E-state index is -0.537. The van der Waals surface area contributed by atoms with Gasteiger partial charge in [0.2, 0.25) is 11.8 Å². The van der Waals surface area contributed by atoms with Gasteiger partial charge in [-0.15, -0.1) is 0 Å². The maximum absolute atomic E-state index is 12.3. The van der Waals surface area contributed by atoms with Crippen molar-refractivity contribution in [3.05, 3.63) is 48.2 Å². The number of benzene rings is 1. The Morgan fingerprint density at radius 3 is 2.76 bits per heavy atom. The molecule has 1 aliphatic heterocycles.